The van der Waals surface area contributed by atoms with Crippen LogP contribution in [0.2, 0.25) is 0 Å². The highest BCUT2D eigenvalue weighted by molar-refractivity contribution is 7.94. The molecule has 3 amide bonds. The Hall–Kier alpha value is -3.49. The summed E-state index contributed by atoms with van der Waals surface area (Å²) >= 11 is 0. The summed E-state index contributed by atoms with van der Waals surface area (Å²) in [6.07, 6.45) is 0.618. The number of nitrogens with one attached hydrogen (secondary N) is 3. The maximum atomic E-state index is 15.1. The molecule has 4 heterocycles. The van der Waals surface area contributed by atoms with Crippen molar-refractivity contribution in [1.29, 1.82) is 0 Å². The summed E-state index contributed by atoms with van der Waals surface area (Å²) in [6.45, 7) is 0.314. The van der Waals surface area contributed by atoms with Crippen LogP contribution in [0.25, 0.3) is 10.9 Å². The Balaban J connectivity index is 1.49. The standard InChI is InChI=1S/C26H27F5N4O5S/c1-41(39,40)20(29)9-13(8-12-6-7-32-23(12)36)33-24(37)22-16-3-2-14(11-26(16,30)31)35(22)25(38)19-10-15-17(27)4-5-18(28)21(15)34-19/h4-5,9-10,12-14,16,22,34H,2-3,6-8,11H2,1H3,(H,32,36)(H,33,37)/b20-9-/t12-,13-,14+,16+,22+/m0/s1. The smallest absolute Gasteiger partial charge is 0.271 e. The van der Waals surface area contributed by atoms with Crippen molar-refractivity contribution in [3.05, 3.63) is 46.8 Å². The molecular formula is C26H27F5N4O5S. The Labute approximate surface area is 231 Å². The molecule has 1 aromatic heterocycles. The van der Waals surface area contributed by atoms with Gasteiger partial charge in [-0.3, -0.25) is 14.4 Å². The highest BCUT2D eigenvalue weighted by atomic mass is 32.2. The van der Waals surface area contributed by atoms with E-state index in [0.717, 1.165) is 23.1 Å². The van der Waals surface area contributed by atoms with Crippen LogP contribution in [-0.4, -0.2) is 72.9 Å². The van der Waals surface area contributed by atoms with Crippen molar-refractivity contribution < 1.29 is 44.8 Å². The lowest BCUT2D eigenvalue weighted by molar-refractivity contribution is -0.179. The van der Waals surface area contributed by atoms with E-state index in [1.54, 1.807) is 0 Å². The van der Waals surface area contributed by atoms with Crippen LogP contribution in [0, 0.1) is 23.5 Å². The second-order valence-corrected chi connectivity index (χ2v) is 12.8. The van der Waals surface area contributed by atoms with Crippen molar-refractivity contribution in [3.63, 3.8) is 0 Å². The maximum absolute atomic E-state index is 15.1. The summed E-state index contributed by atoms with van der Waals surface area (Å²) in [5, 5.41) is 3.14. The number of amides is 3. The number of nitrogens with zero attached hydrogens (tertiary/aromatic N) is 1. The molecule has 2 bridgehead atoms. The Bertz CT molecular complexity index is 1520. The Morgan fingerprint density at radius 3 is 2.51 bits per heavy atom. The molecule has 222 valence electrons. The van der Waals surface area contributed by atoms with Crippen LogP contribution in [0.1, 0.15) is 42.6 Å². The van der Waals surface area contributed by atoms with Gasteiger partial charge >= 0.3 is 0 Å². The molecule has 3 saturated heterocycles. The fourth-order valence-corrected chi connectivity index (χ4v) is 6.51. The molecule has 0 unspecified atom stereocenters. The summed E-state index contributed by atoms with van der Waals surface area (Å²) in [6, 6.07) is -1.48. The first-order valence-corrected chi connectivity index (χ1v) is 14.9. The third-order valence-electron chi connectivity index (χ3n) is 8.07. The molecule has 6 rings (SSSR count). The number of piperidine rings is 2. The van der Waals surface area contributed by atoms with Gasteiger partial charge in [0.15, 0.2) is 0 Å². The number of aromatic amines is 1. The molecule has 2 aromatic rings. The largest absolute Gasteiger partial charge is 0.356 e. The third-order valence-corrected chi connectivity index (χ3v) is 8.92. The number of alkyl halides is 2. The zero-order valence-electron chi connectivity index (χ0n) is 21.7. The van der Waals surface area contributed by atoms with Gasteiger partial charge in [-0.2, -0.15) is 4.39 Å². The Morgan fingerprint density at radius 2 is 1.90 bits per heavy atom. The van der Waals surface area contributed by atoms with E-state index in [1.807, 2.05) is 0 Å². The van der Waals surface area contributed by atoms with Crippen LogP contribution in [0.5, 0.6) is 0 Å². The van der Waals surface area contributed by atoms with Gasteiger partial charge < -0.3 is 20.5 Å². The zero-order chi connectivity index (χ0) is 29.9. The number of H-pyrrole nitrogens is 1. The van der Waals surface area contributed by atoms with E-state index in [-0.39, 0.29) is 35.9 Å². The summed E-state index contributed by atoms with van der Waals surface area (Å²) in [4.78, 5) is 42.8. The Morgan fingerprint density at radius 1 is 1.20 bits per heavy atom. The van der Waals surface area contributed by atoms with Crippen molar-refractivity contribution in [3.8, 4) is 0 Å². The van der Waals surface area contributed by atoms with Gasteiger partial charge in [-0.15, -0.1) is 0 Å². The van der Waals surface area contributed by atoms with Gasteiger partial charge in [-0.05, 0) is 50.0 Å². The first-order chi connectivity index (χ1) is 19.2. The molecule has 5 atom stereocenters. The van der Waals surface area contributed by atoms with Crippen LogP contribution in [0.15, 0.2) is 29.4 Å². The highest BCUT2D eigenvalue weighted by Crippen LogP contribution is 2.49. The minimum absolute atomic E-state index is 0.112. The number of aromatic nitrogens is 1. The number of rotatable bonds is 7. The quantitative estimate of drug-likeness (QED) is 0.420. The topological polar surface area (TPSA) is 128 Å². The molecule has 4 fully saturated rings. The summed E-state index contributed by atoms with van der Waals surface area (Å²) in [5.41, 5.74) is -0.627. The summed E-state index contributed by atoms with van der Waals surface area (Å²) in [7, 11) is -4.32. The predicted octanol–water partition coefficient (Wildman–Crippen LogP) is 2.94. The van der Waals surface area contributed by atoms with Crippen LogP contribution >= 0.6 is 0 Å². The number of fused-ring (bicyclic) bond motifs is 4. The minimum Gasteiger partial charge on any atom is -0.356 e. The van der Waals surface area contributed by atoms with Gasteiger partial charge in [-0.25, -0.2) is 26.0 Å². The van der Waals surface area contributed by atoms with Crippen molar-refractivity contribution in [2.24, 2.45) is 11.8 Å². The monoisotopic (exact) mass is 602 g/mol. The van der Waals surface area contributed by atoms with Crippen molar-refractivity contribution >= 4 is 38.5 Å². The molecule has 15 heteroatoms. The van der Waals surface area contributed by atoms with Crippen molar-refractivity contribution in [2.45, 2.75) is 56.2 Å². The van der Waals surface area contributed by atoms with E-state index < -0.39 is 86.7 Å². The Kier molecular flexibility index (Phi) is 7.37. The first-order valence-electron chi connectivity index (χ1n) is 13.0. The van der Waals surface area contributed by atoms with Crippen LogP contribution in [0.3, 0.4) is 0 Å². The summed E-state index contributed by atoms with van der Waals surface area (Å²) in [5.74, 6) is -9.77. The summed E-state index contributed by atoms with van der Waals surface area (Å²) < 4.78 is 96.6. The van der Waals surface area contributed by atoms with E-state index in [2.05, 4.69) is 15.6 Å². The predicted molar refractivity (Wildman–Crippen MR) is 136 cm³/mol. The van der Waals surface area contributed by atoms with Crippen LogP contribution < -0.4 is 10.6 Å². The average Bonchev–Trinajstić information content (AvgIpc) is 3.52. The fraction of sp³-hybridized carbons (Fsp3) is 0.500. The van der Waals surface area contributed by atoms with Crippen molar-refractivity contribution in [2.75, 3.05) is 12.8 Å². The second kappa shape index (κ2) is 10.4. The van der Waals surface area contributed by atoms with E-state index in [4.69, 9.17) is 0 Å². The van der Waals surface area contributed by atoms with Gasteiger partial charge in [0.2, 0.25) is 26.8 Å². The van der Waals surface area contributed by atoms with Gasteiger partial charge in [-0.1, -0.05) is 0 Å². The van der Waals surface area contributed by atoms with Gasteiger partial charge in [0.25, 0.3) is 11.8 Å². The zero-order valence-corrected chi connectivity index (χ0v) is 22.5. The number of carbonyl (C=O) groups excluding carboxylic acids is 3. The number of hydrogen-bond acceptors (Lipinski definition) is 5. The van der Waals surface area contributed by atoms with Gasteiger partial charge in [0, 0.05) is 36.6 Å². The number of sulfone groups is 1. The van der Waals surface area contributed by atoms with Crippen LogP contribution in [-0.2, 0) is 19.4 Å². The molecule has 9 nitrogen and oxygen atoms in total. The lowest BCUT2D eigenvalue weighted by atomic mass is 9.71. The fourth-order valence-electron chi connectivity index (χ4n) is 6.10. The number of halogens is 5. The average molecular weight is 603 g/mol. The number of benzene rings is 1. The molecular weight excluding hydrogens is 575 g/mol. The highest BCUT2D eigenvalue weighted by Gasteiger charge is 2.60. The lowest BCUT2D eigenvalue weighted by Gasteiger charge is -2.53. The molecule has 3 N–H and O–H groups in total. The van der Waals surface area contributed by atoms with E-state index >= 15 is 8.78 Å². The molecule has 1 aromatic carbocycles. The molecule has 1 saturated carbocycles. The van der Waals surface area contributed by atoms with Gasteiger partial charge in [0.05, 0.1) is 17.5 Å². The normalized spacial score (nSPS) is 26.7. The molecule has 3 aliphatic heterocycles. The molecule has 0 radical (unpaired) electrons. The molecule has 4 aliphatic rings. The second-order valence-electron chi connectivity index (χ2n) is 10.8. The van der Waals surface area contributed by atoms with E-state index in [9.17, 15) is 36.0 Å². The molecule has 1 aliphatic carbocycles. The SMILES string of the molecule is CS(=O)(=O)/C(F)=C\[C@H](C[C@@H]1CCNC1=O)NC(=O)[C@H]1[C@H]2CC[C@H](CC2(F)F)N1C(=O)c1cc2c(F)ccc(F)c2[nH]1. The third kappa shape index (κ3) is 5.43. The number of hydrogen-bond donors (Lipinski definition) is 3. The van der Waals surface area contributed by atoms with E-state index in [0.29, 0.717) is 25.3 Å². The van der Waals surface area contributed by atoms with Gasteiger partial charge in [0.1, 0.15) is 23.4 Å². The first kappa shape index (κ1) is 29.0. The molecule has 0 spiro atoms. The maximum Gasteiger partial charge on any atom is 0.271 e. The van der Waals surface area contributed by atoms with E-state index in [1.165, 1.54) is 0 Å². The lowest BCUT2D eigenvalue weighted by Crippen LogP contribution is -2.68. The molecule has 41 heavy (non-hydrogen) atoms. The minimum atomic E-state index is -4.32. The van der Waals surface area contributed by atoms with Crippen molar-refractivity contribution in [1.82, 2.24) is 20.5 Å². The number of carbonyl (C=O) groups is 3. The van der Waals surface area contributed by atoms with Crippen LogP contribution in [0.4, 0.5) is 22.0 Å².